The molecule has 0 aliphatic rings. The van der Waals surface area contributed by atoms with Crippen LogP contribution in [0.2, 0.25) is 0 Å². The van der Waals surface area contributed by atoms with E-state index in [1.165, 1.54) is 12.1 Å². The van der Waals surface area contributed by atoms with Crippen LogP contribution in [0.3, 0.4) is 0 Å². The summed E-state index contributed by atoms with van der Waals surface area (Å²) in [5.41, 5.74) is 6.50. The molecular weight excluding hydrogens is 183 g/mol. The van der Waals surface area contributed by atoms with Gasteiger partial charge in [-0.2, -0.15) is 0 Å². The molecule has 0 heterocycles. The predicted octanol–water partition coefficient (Wildman–Crippen LogP) is 1.59. The predicted molar refractivity (Wildman–Crippen MR) is 55.6 cm³/mol. The van der Waals surface area contributed by atoms with Crippen LogP contribution in [0.15, 0.2) is 18.2 Å². The van der Waals surface area contributed by atoms with Gasteiger partial charge in [0, 0.05) is 17.9 Å². The van der Waals surface area contributed by atoms with Gasteiger partial charge >= 0.3 is 0 Å². The molecule has 0 amide bonds. The Morgan fingerprint density at radius 3 is 2.79 bits per heavy atom. The molecule has 0 saturated heterocycles. The topological polar surface area (TPSA) is 58.3 Å². The maximum Gasteiger partial charge on any atom is 0.127 e. The summed E-state index contributed by atoms with van der Waals surface area (Å²) in [6, 6.07) is 4.30. The van der Waals surface area contributed by atoms with Crippen LogP contribution in [0.5, 0.6) is 0 Å². The zero-order valence-corrected chi connectivity index (χ0v) is 8.13. The van der Waals surface area contributed by atoms with Gasteiger partial charge in [0.25, 0.3) is 0 Å². The molecule has 1 aromatic rings. The van der Waals surface area contributed by atoms with Gasteiger partial charge < -0.3 is 16.2 Å². The smallest absolute Gasteiger partial charge is 0.127 e. The molecule has 0 aliphatic carbocycles. The van der Waals surface area contributed by atoms with E-state index < -0.39 is 0 Å². The monoisotopic (exact) mass is 198 g/mol. The second-order valence-electron chi connectivity index (χ2n) is 3.34. The minimum absolute atomic E-state index is 0.353. The van der Waals surface area contributed by atoms with Crippen LogP contribution in [0.1, 0.15) is 13.3 Å². The van der Waals surface area contributed by atoms with Gasteiger partial charge in [-0.15, -0.1) is 0 Å². The van der Waals surface area contributed by atoms with Gasteiger partial charge in [-0.05, 0) is 31.5 Å². The number of hydrogen-bond acceptors (Lipinski definition) is 3. The van der Waals surface area contributed by atoms with Crippen molar-refractivity contribution in [3.05, 3.63) is 24.0 Å². The number of hydrogen-bond donors (Lipinski definition) is 3. The fraction of sp³-hybridized carbons (Fsp3) is 0.400. The summed E-state index contributed by atoms with van der Waals surface area (Å²) in [4.78, 5) is 0. The zero-order valence-electron chi connectivity index (χ0n) is 8.13. The van der Waals surface area contributed by atoms with Crippen molar-refractivity contribution in [1.29, 1.82) is 0 Å². The lowest BCUT2D eigenvalue weighted by Crippen LogP contribution is -2.09. The average Bonchev–Trinajstić information content (AvgIpc) is 2.01. The van der Waals surface area contributed by atoms with Crippen molar-refractivity contribution in [2.45, 2.75) is 19.4 Å². The molecule has 0 fully saturated rings. The van der Waals surface area contributed by atoms with Crippen LogP contribution in [0.25, 0.3) is 0 Å². The molecule has 0 radical (unpaired) electrons. The van der Waals surface area contributed by atoms with Crippen molar-refractivity contribution in [3.8, 4) is 0 Å². The van der Waals surface area contributed by atoms with E-state index in [2.05, 4.69) is 5.32 Å². The van der Waals surface area contributed by atoms with Crippen molar-refractivity contribution >= 4 is 11.4 Å². The molecule has 1 rings (SSSR count). The second-order valence-corrected chi connectivity index (χ2v) is 3.34. The van der Waals surface area contributed by atoms with Crippen molar-refractivity contribution in [2.24, 2.45) is 0 Å². The molecule has 4 heteroatoms. The van der Waals surface area contributed by atoms with E-state index >= 15 is 0 Å². The maximum atomic E-state index is 12.8. The number of benzene rings is 1. The minimum Gasteiger partial charge on any atom is -0.399 e. The first-order valence-corrected chi connectivity index (χ1v) is 4.56. The number of rotatable bonds is 4. The van der Waals surface area contributed by atoms with E-state index in [9.17, 15) is 4.39 Å². The Morgan fingerprint density at radius 1 is 1.50 bits per heavy atom. The van der Waals surface area contributed by atoms with Gasteiger partial charge in [0.1, 0.15) is 5.82 Å². The molecule has 78 valence electrons. The van der Waals surface area contributed by atoms with Crippen molar-refractivity contribution in [3.63, 3.8) is 0 Å². The SMILES string of the molecule is CC(O)CCNc1cc(N)cc(F)c1. The van der Waals surface area contributed by atoms with E-state index in [0.717, 1.165) is 0 Å². The van der Waals surface area contributed by atoms with Crippen molar-refractivity contribution < 1.29 is 9.50 Å². The van der Waals surface area contributed by atoms with E-state index in [4.69, 9.17) is 10.8 Å². The molecule has 1 atom stereocenters. The van der Waals surface area contributed by atoms with E-state index in [0.29, 0.717) is 24.3 Å². The number of aliphatic hydroxyl groups excluding tert-OH is 1. The minimum atomic E-state index is -0.357. The molecule has 0 saturated carbocycles. The van der Waals surface area contributed by atoms with Gasteiger partial charge in [-0.1, -0.05) is 0 Å². The molecule has 1 unspecified atom stereocenters. The molecule has 0 spiro atoms. The average molecular weight is 198 g/mol. The molecule has 4 N–H and O–H groups in total. The van der Waals surface area contributed by atoms with Crippen molar-refractivity contribution in [2.75, 3.05) is 17.6 Å². The summed E-state index contributed by atoms with van der Waals surface area (Å²) in [6.45, 7) is 2.31. The fourth-order valence-corrected chi connectivity index (χ4v) is 1.14. The number of nitrogens with two attached hydrogens (primary N) is 1. The number of nitrogens with one attached hydrogen (secondary N) is 1. The summed E-state index contributed by atoms with van der Waals surface area (Å²) in [6.07, 6.45) is 0.268. The van der Waals surface area contributed by atoms with Crippen LogP contribution in [0.4, 0.5) is 15.8 Å². The maximum absolute atomic E-state index is 12.8. The van der Waals surface area contributed by atoms with Crippen molar-refractivity contribution in [1.82, 2.24) is 0 Å². The molecule has 3 nitrogen and oxygen atoms in total. The molecular formula is C10H15FN2O. The van der Waals surface area contributed by atoms with E-state index in [-0.39, 0.29) is 11.9 Å². The lowest BCUT2D eigenvalue weighted by atomic mass is 10.2. The third-order valence-corrected chi connectivity index (χ3v) is 1.81. The summed E-state index contributed by atoms with van der Waals surface area (Å²) >= 11 is 0. The van der Waals surface area contributed by atoms with Gasteiger partial charge in [0.2, 0.25) is 0 Å². The first-order valence-electron chi connectivity index (χ1n) is 4.56. The quantitative estimate of drug-likeness (QED) is 0.644. The highest BCUT2D eigenvalue weighted by Gasteiger charge is 1.99. The van der Waals surface area contributed by atoms with Crippen LogP contribution >= 0.6 is 0 Å². The Bertz CT molecular complexity index is 282. The van der Waals surface area contributed by atoms with Gasteiger partial charge in [-0.3, -0.25) is 0 Å². The number of aliphatic hydroxyl groups is 1. The number of anilines is 2. The molecule has 0 aliphatic heterocycles. The Hall–Kier alpha value is -1.29. The third kappa shape index (κ3) is 3.62. The summed E-state index contributed by atoms with van der Waals surface area (Å²) < 4.78 is 12.8. The number of nitrogen functional groups attached to an aromatic ring is 1. The standard InChI is InChI=1S/C10H15FN2O/c1-7(14)2-3-13-10-5-8(11)4-9(12)6-10/h4-7,13-14H,2-3,12H2,1H3. The Kier molecular flexibility index (Phi) is 3.71. The van der Waals surface area contributed by atoms with Crippen LogP contribution in [-0.2, 0) is 0 Å². The Balaban J connectivity index is 2.50. The van der Waals surface area contributed by atoms with Gasteiger partial charge in [0.05, 0.1) is 6.10 Å². The Labute approximate surface area is 82.7 Å². The summed E-state index contributed by atoms with van der Waals surface area (Å²) in [5, 5.41) is 12.0. The first kappa shape index (κ1) is 10.8. The lowest BCUT2D eigenvalue weighted by Gasteiger charge is -2.08. The van der Waals surface area contributed by atoms with E-state index in [1.54, 1.807) is 13.0 Å². The number of halogens is 1. The summed E-state index contributed by atoms with van der Waals surface area (Å²) in [7, 11) is 0. The molecule has 1 aromatic carbocycles. The fourth-order valence-electron chi connectivity index (χ4n) is 1.14. The highest BCUT2D eigenvalue weighted by atomic mass is 19.1. The van der Waals surface area contributed by atoms with E-state index in [1.807, 2.05) is 0 Å². The highest BCUT2D eigenvalue weighted by Crippen LogP contribution is 2.15. The lowest BCUT2D eigenvalue weighted by molar-refractivity contribution is 0.189. The molecule has 14 heavy (non-hydrogen) atoms. The van der Waals surface area contributed by atoms with Crippen LogP contribution < -0.4 is 11.1 Å². The summed E-state index contributed by atoms with van der Waals surface area (Å²) in [5.74, 6) is -0.357. The largest absolute Gasteiger partial charge is 0.399 e. The van der Waals surface area contributed by atoms with Gasteiger partial charge in [-0.25, -0.2) is 4.39 Å². The highest BCUT2D eigenvalue weighted by molar-refractivity contribution is 5.54. The zero-order chi connectivity index (χ0) is 10.6. The van der Waals surface area contributed by atoms with Crippen LogP contribution in [-0.4, -0.2) is 17.8 Å². The normalized spacial score (nSPS) is 12.5. The third-order valence-electron chi connectivity index (χ3n) is 1.81. The Morgan fingerprint density at radius 2 is 2.21 bits per heavy atom. The molecule has 0 aromatic heterocycles. The second kappa shape index (κ2) is 4.81. The molecule has 0 bridgehead atoms. The van der Waals surface area contributed by atoms with Gasteiger partial charge in [0.15, 0.2) is 0 Å². The first-order chi connectivity index (χ1) is 6.58. The van der Waals surface area contributed by atoms with Crippen LogP contribution in [0, 0.1) is 5.82 Å².